The molecule has 0 radical (unpaired) electrons. The van der Waals surface area contributed by atoms with Crippen molar-refractivity contribution in [3.05, 3.63) is 42.0 Å². The quantitative estimate of drug-likeness (QED) is 0.309. The van der Waals surface area contributed by atoms with Crippen molar-refractivity contribution in [1.29, 1.82) is 0 Å². The van der Waals surface area contributed by atoms with Crippen LogP contribution in [-0.4, -0.2) is 60.9 Å². The molecule has 0 spiro atoms. The third kappa shape index (κ3) is 11.4. The Morgan fingerprint density at radius 3 is 2.23 bits per heavy atom. The molecule has 0 bridgehead atoms. The lowest BCUT2D eigenvalue weighted by Gasteiger charge is -2.20. The summed E-state index contributed by atoms with van der Waals surface area (Å²) in [5, 5.41) is 15.4. The molecule has 2 amide bonds. The zero-order valence-corrected chi connectivity index (χ0v) is 26.0. The van der Waals surface area contributed by atoms with Crippen LogP contribution in [0.5, 0.6) is 0 Å². The number of nitrogens with zero attached hydrogens (tertiary/aromatic N) is 5. The Morgan fingerprint density at radius 1 is 1.09 bits per heavy atom. The second-order valence-electron chi connectivity index (χ2n) is 11.2. The van der Waals surface area contributed by atoms with Gasteiger partial charge in [0.1, 0.15) is 6.04 Å². The number of aromatic nitrogens is 5. The predicted octanol–water partition coefficient (Wildman–Crippen LogP) is 6.14. The van der Waals surface area contributed by atoms with Gasteiger partial charge in [0.15, 0.2) is 5.65 Å². The highest BCUT2D eigenvalue weighted by Crippen LogP contribution is 2.50. The fourth-order valence-electron chi connectivity index (χ4n) is 5.03. The molecule has 47 heavy (non-hydrogen) atoms. The maximum absolute atomic E-state index is 12.8. The first-order valence-corrected chi connectivity index (χ1v) is 15.2. The Balaban J connectivity index is 0.000000306. The highest BCUT2D eigenvalue weighted by Gasteiger charge is 2.58. The first kappa shape index (κ1) is 37.6. The van der Waals surface area contributed by atoms with Crippen LogP contribution < -0.4 is 10.6 Å². The van der Waals surface area contributed by atoms with Gasteiger partial charge in [0, 0.05) is 25.7 Å². The van der Waals surface area contributed by atoms with E-state index in [-0.39, 0.29) is 38.6 Å². The van der Waals surface area contributed by atoms with Gasteiger partial charge in [-0.05, 0) is 43.7 Å². The van der Waals surface area contributed by atoms with E-state index < -0.39 is 53.9 Å². The monoisotopic (exact) mass is 683 g/mol. The zero-order chi connectivity index (χ0) is 35.0. The van der Waals surface area contributed by atoms with E-state index >= 15 is 0 Å². The third-order valence-electron chi connectivity index (χ3n) is 7.56. The van der Waals surface area contributed by atoms with Crippen molar-refractivity contribution in [1.82, 2.24) is 35.4 Å². The van der Waals surface area contributed by atoms with Crippen LogP contribution in [-0.2, 0) is 22.6 Å². The lowest BCUT2D eigenvalue weighted by atomic mass is 9.97. The van der Waals surface area contributed by atoms with Gasteiger partial charge in [0.2, 0.25) is 30.0 Å². The number of carbonyl (C=O) groups excluding carboxylic acids is 2. The first-order valence-electron chi connectivity index (χ1n) is 15.2. The Labute approximate surface area is 265 Å². The summed E-state index contributed by atoms with van der Waals surface area (Å²) in [6, 6.07) is -0.306. The number of amides is 2. The molecule has 10 nitrogen and oxygen atoms in total. The fraction of sp³-hybridized carbons (Fsp3) is 0.655. The van der Waals surface area contributed by atoms with Crippen molar-refractivity contribution < 1.29 is 49.1 Å². The standard InChI is InChI=1S/C18H17F6N5O2.C6H10F2.C3H4N2O.C2H6/c19-17(20,21)12-4-11(12)16(31)25-6-10-7-29-14(27-10)2-8(5-26-29)1-9-3-13(18(22,23)24)28-15(9)30;7-6(8)4-2-1-3-5-6;1-3-5-4-2-6-3;1-2/h2,5,7,9,11-13H,1,3-4,6H2,(H,25,31)(H,28,30);1-5H2;2H,1H3;1-2H3. The minimum absolute atomic E-state index is 0.0569. The third-order valence-corrected chi connectivity index (χ3v) is 7.56. The maximum atomic E-state index is 12.8. The van der Waals surface area contributed by atoms with Gasteiger partial charge in [-0.1, -0.05) is 20.3 Å². The summed E-state index contributed by atoms with van der Waals surface area (Å²) in [7, 11) is 0. The van der Waals surface area contributed by atoms with Gasteiger partial charge in [0.05, 0.1) is 36.5 Å². The van der Waals surface area contributed by atoms with Gasteiger partial charge in [0.25, 0.3) is 0 Å². The number of hydrogen-bond donors (Lipinski definition) is 2. The van der Waals surface area contributed by atoms with Crippen molar-refractivity contribution in [3.8, 4) is 0 Å². The Kier molecular flexibility index (Phi) is 12.7. The Morgan fingerprint density at radius 2 is 1.77 bits per heavy atom. The van der Waals surface area contributed by atoms with Crippen molar-refractivity contribution in [2.75, 3.05) is 0 Å². The summed E-state index contributed by atoms with van der Waals surface area (Å²) in [6.07, 6.45) is -2.57. The summed E-state index contributed by atoms with van der Waals surface area (Å²) < 4.78 is 106. The molecule has 3 aromatic rings. The average Bonchev–Trinajstić information content (AvgIpc) is 3.28. The minimum atomic E-state index is -4.50. The highest BCUT2D eigenvalue weighted by atomic mass is 19.4. The average molecular weight is 684 g/mol. The molecule has 0 aromatic carbocycles. The molecule has 3 aliphatic rings. The van der Waals surface area contributed by atoms with E-state index in [0.717, 1.165) is 6.42 Å². The van der Waals surface area contributed by atoms with Crippen LogP contribution >= 0.6 is 0 Å². The predicted molar refractivity (Wildman–Crippen MR) is 151 cm³/mol. The van der Waals surface area contributed by atoms with Crippen LogP contribution in [0.15, 0.2) is 29.3 Å². The number of aryl methyl sites for hydroxylation is 1. The first-order chi connectivity index (χ1) is 22.0. The van der Waals surface area contributed by atoms with Crippen LogP contribution in [0.1, 0.15) is 75.9 Å². The van der Waals surface area contributed by atoms with Gasteiger partial charge in [-0.3, -0.25) is 9.59 Å². The second-order valence-corrected chi connectivity index (χ2v) is 11.2. The van der Waals surface area contributed by atoms with Crippen molar-refractivity contribution in [2.24, 2.45) is 17.8 Å². The largest absolute Gasteiger partial charge is 0.428 e. The highest BCUT2D eigenvalue weighted by molar-refractivity contribution is 5.82. The van der Waals surface area contributed by atoms with Crippen LogP contribution in [0, 0.1) is 24.7 Å². The van der Waals surface area contributed by atoms with E-state index in [4.69, 9.17) is 0 Å². The van der Waals surface area contributed by atoms with E-state index in [1.165, 1.54) is 23.3 Å². The number of halogens is 8. The number of alkyl halides is 8. The van der Waals surface area contributed by atoms with Gasteiger partial charge in [-0.25, -0.2) is 18.3 Å². The molecular weight excluding hydrogens is 646 g/mol. The molecule has 4 atom stereocenters. The molecule has 6 rings (SSSR count). The number of rotatable bonds is 5. The molecule has 18 heteroatoms. The summed E-state index contributed by atoms with van der Waals surface area (Å²) in [6.45, 7) is 5.66. The number of imidazole rings is 1. The molecule has 1 aliphatic heterocycles. The van der Waals surface area contributed by atoms with Gasteiger partial charge in [-0.2, -0.15) is 31.4 Å². The fourth-order valence-corrected chi connectivity index (χ4v) is 5.03. The van der Waals surface area contributed by atoms with Gasteiger partial charge in [-0.15, -0.1) is 10.2 Å². The minimum Gasteiger partial charge on any atom is -0.428 e. The molecule has 4 heterocycles. The molecule has 4 unspecified atom stereocenters. The summed E-state index contributed by atoms with van der Waals surface area (Å²) in [4.78, 5) is 27.9. The SMILES string of the molecule is CC.Cc1nnco1.FC1(F)CCCCC1.O=C1NC(C(F)(F)F)CC1Cc1cnn2cc(CNC(=O)C3CC3C(F)(F)F)nc2c1. The smallest absolute Gasteiger partial charge is 0.408 e. The number of fused-ring (bicyclic) bond motifs is 1. The van der Waals surface area contributed by atoms with E-state index in [1.807, 2.05) is 19.2 Å². The summed E-state index contributed by atoms with van der Waals surface area (Å²) in [5.41, 5.74) is 1.22. The van der Waals surface area contributed by atoms with Crippen molar-refractivity contribution in [3.63, 3.8) is 0 Å². The second kappa shape index (κ2) is 15.8. The van der Waals surface area contributed by atoms with E-state index in [1.54, 1.807) is 13.0 Å². The Bertz CT molecular complexity index is 1440. The molecule has 3 fully saturated rings. The topological polar surface area (TPSA) is 127 Å². The number of nitrogens with one attached hydrogen (secondary N) is 2. The van der Waals surface area contributed by atoms with Crippen LogP contribution in [0.25, 0.3) is 5.65 Å². The zero-order valence-electron chi connectivity index (χ0n) is 26.0. The molecule has 262 valence electrons. The molecule has 2 saturated carbocycles. The van der Waals surface area contributed by atoms with Crippen LogP contribution in [0.2, 0.25) is 0 Å². The van der Waals surface area contributed by atoms with Crippen molar-refractivity contribution >= 4 is 17.5 Å². The van der Waals surface area contributed by atoms with E-state index in [9.17, 15) is 44.7 Å². The summed E-state index contributed by atoms with van der Waals surface area (Å²) >= 11 is 0. The molecular formula is C29H37F8N7O3. The molecule has 3 aromatic heterocycles. The Hall–Kier alpha value is -3.86. The molecule has 2 N–H and O–H groups in total. The van der Waals surface area contributed by atoms with Crippen molar-refractivity contribution in [2.45, 2.75) is 103 Å². The van der Waals surface area contributed by atoms with E-state index in [2.05, 4.69) is 30.0 Å². The summed E-state index contributed by atoms with van der Waals surface area (Å²) in [5.74, 6) is -6.62. The lowest BCUT2D eigenvalue weighted by Crippen LogP contribution is -2.38. The maximum Gasteiger partial charge on any atom is 0.408 e. The molecule has 1 saturated heterocycles. The normalized spacial score (nSPS) is 23.3. The number of carbonyl (C=O) groups is 2. The lowest BCUT2D eigenvalue weighted by molar-refractivity contribution is -0.155. The van der Waals surface area contributed by atoms with Gasteiger partial charge >= 0.3 is 12.4 Å². The van der Waals surface area contributed by atoms with Crippen LogP contribution in [0.4, 0.5) is 35.1 Å². The van der Waals surface area contributed by atoms with E-state index in [0.29, 0.717) is 35.6 Å². The molecule has 2 aliphatic carbocycles. The number of hydrogen-bond acceptors (Lipinski definition) is 7. The van der Waals surface area contributed by atoms with Crippen LogP contribution in [0.3, 0.4) is 0 Å². The van der Waals surface area contributed by atoms with Gasteiger partial charge < -0.3 is 15.1 Å².